The molecule has 0 aliphatic heterocycles. The van der Waals surface area contributed by atoms with Crippen molar-refractivity contribution < 1.29 is 4.42 Å². The van der Waals surface area contributed by atoms with Crippen LogP contribution in [0.3, 0.4) is 0 Å². The van der Waals surface area contributed by atoms with Crippen molar-refractivity contribution in [2.45, 2.75) is 26.2 Å². The third-order valence-electron chi connectivity index (χ3n) is 8.26. The minimum atomic E-state index is -0.111. The molecule has 5 aromatic carbocycles. The molecule has 0 saturated carbocycles. The fourth-order valence-electron chi connectivity index (χ4n) is 6.38. The lowest BCUT2D eigenvalue weighted by atomic mass is 9.82. The minimum absolute atomic E-state index is 0.111. The standard InChI is InChI=1S/C34H25NO/c1-20-12-14-21(15-13-20)35-30-10-6-4-8-22(30)26-16-24-25-18-33-27(23-9-5-7-11-32(23)36-33)17-28(25)34(2,3)29(24)19-31(26)35/h4-19H,1-3H3. The summed E-state index contributed by atoms with van der Waals surface area (Å²) in [7, 11) is 0. The third kappa shape index (κ3) is 2.46. The Morgan fingerprint density at radius 3 is 2.11 bits per heavy atom. The van der Waals surface area contributed by atoms with Gasteiger partial charge in [-0.05, 0) is 77.7 Å². The summed E-state index contributed by atoms with van der Waals surface area (Å²) in [6.07, 6.45) is 0. The number of hydrogen-bond donors (Lipinski definition) is 0. The second-order valence-electron chi connectivity index (χ2n) is 10.7. The lowest BCUT2D eigenvalue weighted by Gasteiger charge is -2.22. The van der Waals surface area contributed by atoms with Gasteiger partial charge < -0.3 is 8.98 Å². The summed E-state index contributed by atoms with van der Waals surface area (Å²) >= 11 is 0. The number of rotatable bonds is 1. The van der Waals surface area contributed by atoms with Crippen LogP contribution in [0.15, 0.2) is 101 Å². The molecule has 0 spiro atoms. The van der Waals surface area contributed by atoms with Crippen molar-refractivity contribution in [3.63, 3.8) is 0 Å². The number of aryl methyl sites for hydroxylation is 1. The van der Waals surface area contributed by atoms with Crippen LogP contribution in [0.25, 0.3) is 60.6 Å². The van der Waals surface area contributed by atoms with E-state index in [4.69, 9.17) is 4.42 Å². The molecule has 1 aliphatic carbocycles. The molecule has 7 aromatic rings. The van der Waals surface area contributed by atoms with Crippen molar-refractivity contribution in [3.05, 3.63) is 114 Å². The predicted molar refractivity (Wildman–Crippen MR) is 150 cm³/mol. The first-order valence-corrected chi connectivity index (χ1v) is 12.6. The number of aromatic nitrogens is 1. The van der Waals surface area contributed by atoms with Crippen molar-refractivity contribution in [2.24, 2.45) is 0 Å². The lowest BCUT2D eigenvalue weighted by molar-refractivity contribution is 0.658. The Kier molecular flexibility index (Phi) is 3.70. The van der Waals surface area contributed by atoms with Crippen molar-refractivity contribution >= 4 is 43.7 Å². The molecule has 0 unspecified atom stereocenters. The van der Waals surface area contributed by atoms with Crippen LogP contribution in [0.2, 0.25) is 0 Å². The van der Waals surface area contributed by atoms with Crippen molar-refractivity contribution in [3.8, 4) is 16.8 Å². The van der Waals surface area contributed by atoms with E-state index in [0.717, 1.165) is 11.2 Å². The first-order chi connectivity index (χ1) is 17.5. The molecule has 0 atom stereocenters. The van der Waals surface area contributed by atoms with Gasteiger partial charge in [-0.15, -0.1) is 0 Å². The molecule has 0 radical (unpaired) electrons. The first kappa shape index (κ1) is 19.9. The van der Waals surface area contributed by atoms with E-state index in [-0.39, 0.29) is 5.41 Å². The molecule has 2 aromatic heterocycles. The maximum Gasteiger partial charge on any atom is 0.136 e. The van der Waals surface area contributed by atoms with E-state index in [0.29, 0.717) is 0 Å². The zero-order valence-electron chi connectivity index (χ0n) is 20.6. The molecule has 0 fully saturated rings. The molecule has 2 heterocycles. The van der Waals surface area contributed by atoms with Gasteiger partial charge in [0, 0.05) is 32.6 Å². The van der Waals surface area contributed by atoms with E-state index in [1.807, 2.05) is 6.07 Å². The van der Waals surface area contributed by atoms with E-state index in [1.165, 1.54) is 66.1 Å². The van der Waals surface area contributed by atoms with E-state index in [2.05, 4.69) is 116 Å². The van der Waals surface area contributed by atoms with Gasteiger partial charge in [-0.2, -0.15) is 0 Å². The largest absolute Gasteiger partial charge is 0.456 e. The summed E-state index contributed by atoms with van der Waals surface area (Å²) in [5.41, 5.74) is 12.1. The minimum Gasteiger partial charge on any atom is -0.456 e. The molecule has 2 nitrogen and oxygen atoms in total. The first-order valence-electron chi connectivity index (χ1n) is 12.6. The van der Waals surface area contributed by atoms with Crippen LogP contribution in [0.1, 0.15) is 30.5 Å². The molecular formula is C34H25NO. The highest BCUT2D eigenvalue weighted by Gasteiger charge is 2.37. The van der Waals surface area contributed by atoms with Crippen molar-refractivity contribution in [1.29, 1.82) is 0 Å². The molecule has 2 heteroatoms. The summed E-state index contributed by atoms with van der Waals surface area (Å²) in [5.74, 6) is 0. The number of nitrogens with zero attached hydrogens (tertiary/aromatic N) is 1. The lowest BCUT2D eigenvalue weighted by Crippen LogP contribution is -2.15. The van der Waals surface area contributed by atoms with Gasteiger partial charge in [0.1, 0.15) is 11.2 Å². The maximum absolute atomic E-state index is 6.29. The summed E-state index contributed by atoms with van der Waals surface area (Å²) in [6, 6.07) is 35.4. The van der Waals surface area contributed by atoms with Crippen LogP contribution in [0.4, 0.5) is 0 Å². The summed E-state index contributed by atoms with van der Waals surface area (Å²) < 4.78 is 8.71. The van der Waals surface area contributed by atoms with Crippen LogP contribution >= 0.6 is 0 Å². The van der Waals surface area contributed by atoms with Gasteiger partial charge >= 0.3 is 0 Å². The van der Waals surface area contributed by atoms with Crippen LogP contribution < -0.4 is 0 Å². The zero-order valence-corrected chi connectivity index (χ0v) is 20.6. The van der Waals surface area contributed by atoms with Gasteiger partial charge in [0.2, 0.25) is 0 Å². The van der Waals surface area contributed by atoms with Crippen LogP contribution in [-0.4, -0.2) is 4.57 Å². The van der Waals surface area contributed by atoms with E-state index in [9.17, 15) is 0 Å². The third-order valence-corrected chi connectivity index (χ3v) is 8.26. The Morgan fingerprint density at radius 1 is 0.583 bits per heavy atom. The monoisotopic (exact) mass is 463 g/mol. The highest BCUT2D eigenvalue weighted by Crippen LogP contribution is 2.52. The predicted octanol–water partition coefficient (Wildman–Crippen LogP) is 9.30. The molecule has 36 heavy (non-hydrogen) atoms. The normalized spacial score (nSPS) is 14.2. The molecule has 172 valence electrons. The zero-order chi connectivity index (χ0) is 24.2. The quantitative estimate of drug-likeness (QED) is 0.237. The molecule has 0 amide bonds. The molecule has 1 aliphatic rings. The van der Waals surface area contributed by atoms with Gasteiger partial charge in [-0.1, -0.05) is 67.9 Å². The maximum atomic E-state index is 6.29. The van der Waals surface area contributed by atoms with Crippen molar-refractivity contribution in [2.75, 3.05) is 0 Å². The molecule has 0 bridgehead atoms. The Bertz CT molecular complexity index is 2020. The van der Waals surface area contributed by atoms with Gasteiger partial charge in [0.25, 0.3) is 0 Å². The average Bonchev–Trinajstić information content (AvgIpc) is 3.49. The van der Waals surface area contributed by atoms with Crippen molar-refractivity contribution in [1.82, 2.24) is 4.57 Å². The van der Waals surface area contributed by atoms with Crippen LogP contribution in [0, 0.1) is 6.92 Å². The fraction of sp³-hybridized carbons (Fsp3) is 0.118. The summed E-state index contributed by atoms with van der Waals surface area (Å²) in [5, 5.41) is 4.96. The Hall–Kier alpha value is -4.30. The average molecular weight is 464 g/mol. The molecule has 8 rings (SSSR count). The topological polar surface area (TPSA) is 18.1 Å². The highest BCUT2D eigenvalue weighted by atomic mass is 16.3. The second-order valence-corrected chi connectivity index (χ2v) is 10.7. The number of fused-ring (bicyclic) bond motifs is 9. The van der Waals surface area contributed by atoms with Crippen LogP contribution in [-0.2, 0) is 5.41 Å². The van der Waals surface area contributed by atoms with E-state index < -0.39 is 0 Å². The number of benzene rings is 5. The van der Waals surface area contributed by atoms with Gasteiger partial charge in [0.05, 0.1) is 11.0 Å². The number of furan rings is 1. The van der Waals surface area contributed by atoms with Gasteiger partial charge in [0.15, 0.2) is 0 Å². The Balaban J connectivity index is 1.47. The number of para-hydroxylation sites is 2. The SMILES string of the molecule is Cc1ccc(-n2c3ccccc3c3cc4c(cc32)C(C)(C)c2cc3c(cc2-4)oc2ccccc23)cc1. The summed E-state index contributed by atoms with van der Waals surface area (Å²) in [4.78, 5) is 0. The smallest absolute Gasteiger partial charge is 0.136 e. The van der Waals surface area contributed by atoms with Gasteiger partial charge in [-0.25, -0.2) is 0 Å². The Labute approximate surface area is 209 Å². The van der Waals surface area contributed by atoms with Gasteiger partial charge in [-0.3, -0.25) is 0 Å². The number of hydrogen-bond acceptors (Lipinski definition) is 1. The fourth-order valence-corrected chi connectivity index (χ4v) is 6.38. The van der Waals surface area contributed by atoms with Crippen LogP contribution in [0.5, 0.6) is 0 Å². The van der Waals surface area contributed by atoms with E-state index in [1.54, 1.807) is 0 Å². The second kappa shape index (κ2) is 6.67. The van der Waals surface area contributed by atoms with E-state index >= 15 is 0 Å². The summed E-state index contributed by atoms with van der Waals surface area (Å²) in [6.45, 7) is 6.86. The molecule has 0 saturated heterocycles. The Morgan fingerprint density at radius 2 is 1.28 bits per heavy atom. The molecular weight excluding hydrogens is 438 g/mol. The highest BCUT2D eigenvalue weighted by molar-refractivity contribution is 6.13. The molecule has 0 N–H and O–H groups in total.